The number of carbonyl (C=O) groups excluding carboxylic acids is 2. The number of nitrogens with zero attached hydrogens (tertiary/aromatic N) is 4. The quantitative estimate of drug-likeness (QED) is 0.868. The molecule has 116 valence electrons. The van der Waals surface area contributed by atoms with E-state index in [1.165, 1.54) is 6.33 Å². The number of aromatic nitrogens is 3. The average Bonchev–Trinajstić information content (AvgIpc) is 2.86. The summed E-state index contributed by atoms with van der Waals surface area (Å²) in [4.78, 5) is 30.1. The molecule has 1 N–H and O–H groups in total. The first-order chi connectivity index (χ1) is 9.90. The number of hydrogen-bond donors (Lipinski definition) is 1. The van der Waals surface area contributed by atoms with Gasteiger partial charge in [0.05, 0.1) is 13.1 Å². The Balaban J connectivity index is 2.22. The van der Waals surface area contributed by atoms with E-state index in [0.29, 0.717) is 24.7 Å². The molecular formula is C14H23N5O2. The van der Waals surface area contributed by atoms with E-state index in [2.05, 4.69) is 15.4 Å². The normalized spacial score (nSPS) is 19.5. The average molecular weight is 293 g/mol. The third-order valence-electron chi connectivity index (χ3n) is 3.56. The molecule has 1 aliphatic heterocycles. The molecule has 0 saturated carbocycles. The van der Waals surface area contributed by atoms with Crippen LogP contribution in [0.1, 0.15) is 46.0 Å². The number of nitrogens with one attached hydrogen (secondary N) is 1. The van der Waals surface area contributed by atoms with Crippen molar-refractivity contribution in [2.24, 2.45) is 5.92 Å². The summed E-state index contributed by atoms with van der Waals surface area (Å²) in [5.41, 5.74) is 0. The molecule has 2 rings (SSSR count). The Kier molecular flexibility index (Phi) is 4.59. The van der Waals surface area contributed by atoms with Crippen LogP contribution in [0.5, 0.6) is 0 Å². The third-order valence-corrected chi connectivity index (χ3v) is 3.56. The SMILES string of the molecule is CC(C)CC1C(=O)NCC(=O)N1Cc1ncnn1C(C)C. The summed E-state index contributed by atoms with van der Waals surface area (Å²) in [5.74, 6) is 0.886. The van der Waals surface area contributed by atoms with Crippen LogP contribution < -0.4 is 5.32 Å². The van der Waals surface area contributed by atoms with E-state index in [1.807, 2.05) is 27.7 Å². The maximum Gasteiger partial charge on any atom is 0.243 e. The maximum absolute atomic E-state index is 12.2. The van der Waals surface area contributed by atoms with Crippen molar-refractivity contribution in [1.29, 1.82) is 0 Å². The number of carbonyl (C=O) groups is 2. The molecule has 21 heavy (non-hydrogen) atoms. The molecule has 1 atom stereocenters. The summed E-state index contributed by atoms with van der Waals surface area (Å²) < 4.78 is 1.78. The highest BCUT2D eigenvalue weighted by atomic mass is 16.2. The second kappa shape index (κ2) is 6.24. The van der Waals surface area contributed by atoms with Crippen LogP contribution in [-0.4, -0.2) is 44.1 Å². The molecule has 7 nitrogen and oxygen atoms in total. The lowest BCUT2D eigenvalue weighted by atomic mass is 10.00. The Bertz CT molecular complexity index is 523. The van der Waals surface area contributed by atoms with Crippen molar-refractivity contribution in [2.75, 3.05) is 6.54 Å². The lowest BCUT2D eigenvalue weighted by molar-refractivity contribution is -0.147. The molecule has 0 radical (unpaired) electrons. The van der Waals surface area contributed by atoms with Crippen molar-refractivity contribution in [3.05, 3.63) is 12.2 Å². The zero-order chi connectivity index (χ0) is 15.6. The fraction of sp³-hybridized carbons (Fsp3) is 0.714. The first-order valence-electron chi connectivity index (χ1n) is 7.35. The Morgan fingerprint density at radius 2 is 2.05 bits per heavy atom. The summed E-state index contributed by atoms with van der Waals surface area (Å²) in [6.45, 7) is 8.48. The molecule has 0 aliphatic carbocycles. The molecule has 2 heterocycles. The number of piperazine rings is 1. The third kappa shape index (κ3) is 3.40. The molecule has 1 aliphatic rings. The second-order valence-electron chi connectivity index (χ2n) is 6.10. The Labute approximate surface area is 124 Å². The van der Waals surface area contributed by atoms with Gasteiger partial charge in [0.2, 0.25) is 11.8 Å². The molecule has 0 spiro atoms. The van der Waals surface area contributed by atoms with Crippen molar-refractivity contribution < 1.29 is 9.59 Å². The van der Waals surface area contributed by atoms with Gasteiger partial charge in [-0.3, -0.25) is 9.59 Å². The molecular weight excluding hydrogens is 270 g/mol. The van der Waals surface area contributed by atoms with Gasteiger partial charge in [0.1, 0.15) is 18.2 Å². The Morgan fingerprint density at radius 1 is 1.33 bits per heavy atom. The van der Waals surface area contributed by atoms with Gasteiger partial charge < -0.3 is 10.2 Å². The fourth-order valence-corrected chi connectivity index (χ4v) is 2.55. The number of amides is 2. The van der Waals surface area contributed by atoms with Crippen LogP contribution >= 0.6 is 0 Å². The molecule has 1 unspecified atom stereocenters. The molecule has 0 aromatic carbocycles. The van der Waals surface area contributed by atoms with Crippen molar-refractivity contribution in [3.8, 4) is 0 Å². The maximum atomic E-state index is 12.2. The zero-order valence-corrected chi connectivity index (χ0v) is 13.0. The van der Waals surface area contributed by atoms with Gasteiger partial charge in [-0.05, 0) is 26.2 Å². The van der Waals surface area contributed by atoms with Crippen LogP contribution in [0.3, 0.4) is 0 Å². The van der Waals surface area contributed by atoms with Crippen LogP contribution in [0.25, 0.3) is 0 Å². The van der Waals surface area contributed by atoms with E-state index in [-0.39, 0.29) is 24.4 Å². The molecule has 1 fully saturated rings. The summed E-state index contributed by atoms with van der Waals surface area (Å²) >= 11 is 0. The topological polar surface area (TPSA) is 80.1 Å². The van der Waals surface area contributed by atoms with Crippen LogP contribution in [0.4, 0.5) is 0 Å². The second-order valence-corrected chi connectivity index (χ2v) is 6.10. The largest absolute Gasteiger partial charge is 0.345 e. The van der Waals surface area contributed by atoms with Crippen LogP contribution in [0.2, 0.25) is 0 Å². The first-order valence-corrected chi connectivity index (χ1v) is 7.35. The fourth-order valence-electron chi connectivity index (χ4n) is 2.55. The standard InChI is InChI=1S/C14H23N5O2/c1-9(2)5-11-14(21)15-6-13(20)18(11)7-12-16-8-17-19(12)10(3)4/h8-11H,5-7H2,1-4H3,(H,15,21). The van der Waals surface area contributed by atoms with E-state index >= 15 is 0 Å². The molecule has 1 aromatic heterocycles. The summed E-state index contributed by atoms with van der Waals surface area (Å²) in [5, 5.41) is 6.84. The van der Waals surface area contributed by atoms with Gasteiger partial charge in [0, 0.05) is 6.04 Å². The molecule has 1 aromatic rings. The van der Waals surface area contributed by atoms with Gasteiger partial charge in [0.15, 0.2) is 0 Å². The zero-order valence-electron chi connectivity index (χ0n) is 13.0. The molecule has 1 saturated heterocycles. The smallest absolute Gasteiger partial charge is 0.243 e. The predicted molar refractivity (Wildman–Crippen MR) is 77.2 cm³/mol. The minimum Gasteiger partial charge on any atom is -0.345 e. The minimum atomic E-state index is -0.427. The van der Waals surface area contributed by atoms with Crippen LogP contribution in [-0.2, 0) is 16.1 Å². The monoisotopic (exact) mass is 293 g/mol. The molecule has 7 heteroatoms. The van der Waals surface area contributed by atoms with E-state index in [4.69, 9.17) is 0 Å². The van der Waals surface area contributed by atoms with E-state index in [0.717, 1.165) is 0 Å². The van der Waals surface area contributed by atoms with Gasteiger partial charge >= 0.3 is 0 Å². The minimum absolute atomic E-state index is 0.0588. The van der Waals surface area contributed by atoms with Gasteiger partial charge in [-0.1, -0.05) is 13.8 Å². The van der Waals surface area contributed by atoms with Crippen molar-refractivity contribution in [1.82, 2.24) is 25.0 Å². The van der Waals surface area contributed by atoms with Crippen molar-refractivity contribution in [3.63, 3.8) is 0 Å². The highest BCUT2D eigenvalue weighted by Gasteiger charge is 2.35. The summed E-state index contributed by atoms with van der Waals surface area (Å²) in [6.07, 6.45) is 2.13. The van der Waals surface area contributed by atoms with Gasteiger partial charge in [-0.2, -0.15) is 5.10 Å². The lowest BCUT2D eigenvalue weighted by Crippen LogP contribution is -2.58. The first kappa shape index (κ1) is 15.5. The Morgan fingerprint density at radius 3 is 2.67 bits per heavy atom. The van der Waals surface area contributed by atoms with Crippen molar-refractivity contribution >= 4 is 11.8 Å². The van der Waals surface area contributed by atoms with Gasteiger partial charge in [-0.25, -0.2) is 9.67 Å². The van der Waals surface area contributed by atoms with Gasteiger partial charge in [0.25, 0.3) is 0 Å². The molecule has 2 amide bonds. The highest BCUT2D eigenvalue weighted by Crippen LogP contribution is 2.18. The Hall–Kier alpha value is -1.92. The lowest BCUT2D eigenvalue weighted by Gasteiger charge is -2.35. The van der Waals surface area contributed by atoms with Crippen molar-refractivity contribution in [2.45, 2.75) is 52.7 Å². The van der Waals surface area contributed by atoms with Crippen LogP contribution in [0, 0.1) is 5.92 Å². The molecule has 0 bridgehead atoms. The number of hydrogen-bond acceptors (Lipinski definition) is 4. The van der Waals surface area contributed by atoms with E-state index < -0.39 is 6.04 Å². The summed E-state index contributed by atoms with van der Waals surface area (Å²) in [6, 6.07) is -0.261. The van der Waals surface area contributed by atoms with E-state index in [9.17, 15) is 9.59 Å². The van der Waals surface area contributed by atoms with Crippen LogP contribution in [0.15, 0.2) is 6.33 Å². The van der Waals surface area contributed by atoms with E-state index in [1.54, 1.807) is 9.58 Å². The predicted octanol–water partition coefficient (Wildman–Crippen LogP) is 0.732. The number of rotatable bonds is 5. The summed E-state index contributed by atoms with van der Waals surface area (Å²) in [7, 11) is 0. The highest BCUT2D eigenvalue weighted by molar-refractivity contribution is 5.94. The van der Waals surface area contributed by atoms with Gasteiger partial charge in [-0.15, -0.1) is 0 Å².